The highest BCUT2D eigenvalue weighted by molar-refractivity contribution is 7.80. The monoisotopic (exact) mass is 260 g/mol. The molecule has 1 heterocycles. The van der Waals surface area contributed by atoms with Gasteiger partial charge in [-0.2, -0.15) is 0 Å². The van der Waals surface area contributed by atoms with E-state index in [0.717, 1.165) is 24.4 Å². The number of aryl methyl sites for hydroxylation is 1. The lowest BCUT2D eigenvalue weighted by molar-refractivity contribution is 0.507. The van der Waals surface area contributed by atoms with E-state index >= 15 is 0 Å². The fourth-order valence-electron chi connectivity index (χ4n) is 1.65. The van der Waals surface area contributed by atoms with Crippen molar-refractivity contribution >= 4 is 23.0 Å². The van der Waals surface area contributed by atoms with Gasteiger partial charge in [0.2, 0.25) is 0 Å². The average molecular weight is 260 g/mol. The fraction of sp³-hybridized carbons (Fsp3) is 0.214. The molecule has 0 radical (unpaired) electrons. The number of furan rings is 1. The quantitative estimate of drug-likeness (QED) is 0.828. The van der Waals surface area contributed by atoms with Gasteiger partial charge in [-0.1, -0.05) is 12.1 Å². The number of rotatable bonds is 4. The van der Waals surface area contributed by atoms with E-state index < -0.39 is 0 Å². The lowest BCUT2D eigenvalue weighted by Gasteiger charge is -2.10. The first kappa shape index (κ1) is 12.6. The van der Waals surface area contributed by atoms with E-state index in [1.165, 1.54) is 5.56 Å². The molecule has 2 N–H and O–H groups in total. The molecule has 0 spiro atoms. The highest BCUT2D eigenvalue weighted by Crippen LogP contribution is 2.09. The topological polar surface area (TPSA) is 37.2 Å². The molecule has 0 saturated heterocycles. The van der Waals surface area contributed by atoms with E-state index in [1.54, 1.807) is 6.26 Å². The van der Waals surface area contributed by atoms with Crippen molar-refractivity contribution in [2.75, 3.05) is 11.9 Å². The molecule has 2 rings (SSSR count). The summed E-state index contributed by atoms with van der Waals surface area (Å²) >= 11 is 5.22. The van der Waals surface area contributed by atoms with Crippen LogP contribution in [0.2, 0.25) is 0 Å². The zero-order chi connectivity index (χ0) is 12.8. The lowest BCUT2D eigenvalue weighted by atomic mass is 10.2. The minimum atomic E-state index is 0.632. The predicted octanol–water partition coefficient (Wildman–Crippen LogP) is 3.12. The van der Waals surface area contributed by atoms with Crippen LogP contribution in [-0.2, 0) is 6.42 Å². The van der Waals surface area contributed by atoms with Crippen molar-refractivity contribution in [3.63, 3.8) is 0 Å². The lowest BCUT2D eigenvalue weighted by Crippen LogP contribution is -2.30. The first-order valence-electron chi connectivity index (χ1n) is 5.88. The van der Waals surface area contributed by atoms with Crippen molar-refractivity contribution in [2.45, 2.75) is 13.3 Å². The van der Waals surface area contributed by atoms with Crippen molar-refractivity contribution in [3.05, 3.63) is 54.0 Å². The summed E-state index contributed by atoms with van der Waals surface area (Å²) in [6, 6.07) is 12.0. The van der Waals surface area contributed by atoms with Gasteiger partial charge in [-0.3, -0.25) is 0 Å². The summed E-state index contributed by atoms with van der Waals surface area (Å²) in [5.41, 5.74) is 2.21. The number of nitrogens with one attached hydrogen (secondary N) is 2. The van der Waals surface area contributed by atoms with Crippen LogP contribution in [0.15, 0.2) is 47.1 Å². The Labute approximate surface area is 112 Å². The van der Waals surface area contributed by atoms with Crippen LogP contribution in [0.3, 0.4) is 0 Å². The van der Waals surface area contributed by atoms with Crippen LogP contribution in [0.4, 0.5) is 5.69 Å². The summed E-state index contributed by atoms with van der Waals surface area (Å²) in [5, 5.41) is 6.93. The summed E-state index contributed by atoms with van der Waals surface area (Å²) in [6.45, 7) is 2.81. The molecule has 0 fully saturated rings. The molecule has 0 aliphatic rings. The zero-order valence-corrected chi connectivity index (χ0v) is 11.1. The van der Waals surface area contributed by atoms with Gasteiger partial charge in [0.25, 0.3) is 0 Å². The van der Waals surface area contributed by atoms with Gasteiger partial charge < -0.3 is 15.1 Å². The molecule has 0 amide bonds. The van der Waals surface area contributed by atoms with Crippen molar-refractivity contribution in [3.8, 4) is 0 Å². The van der Waals surface area contributed by atoms with Gasteiger partial charge >= 0.3 is 0 Å². The third-order valence-corrected chi connectivity index (χ3v) is 2.76. The van der Waals surface area contributed by atoms with Crippen LogP contribution < -0.4 is 10.6 Å². The molecule has 1 aromatic carbocycles. The molecule has 0 bridgehead atoms. The Bertz CT molecular complexity index is 508. The second-order valence-electron chi connectivity index (χ2n) is 4.08. The largest absolute Gasteiger partial charge is 0.469 e. The van der Waals surface area contributed by atoms with Crippen molar-refractivity contribution in [1.82, 2.24) is 5.32 Å². The minimum absolute atomic E-state index is 0.632. The Hall–Kier alpha value is -1.81. The fourth-order valence-corrected chi connectivity index (χ4v) is 1.87. The molecule has 2 aromatic rings. The molecule has 0 aliphatic heterocycles. The Morgan fingerprint density at radius 1 is 1.28 bits per heavy atom. The molecule has 18 heavy (non-hydrogen) atoms. The molecule has 0 unspecified atom stereocenters. The molecule has 94 valence electrons. The maximum atomic E-state index is 5.25. The van der Waals surface area contributed by atoms with Gasteiger partial charge in [0.15, 0.2) is 5.11 Å². The van der Waals surface area contributed by atoms with Gasteiger partial charge in [-0.15, -0.1) is 0 Å². The Morgan fingerprint density at radius 3 is 2.89 bits per heavy atom. The molecule has 3 nitrogen and oxygen atoms in total. The summed E-state index contributed by atoms with van der Waals surface area (Å²) in [7, 11) is 0. The molecule has 4 heteroatoms. The summed E-state index contributed by atoms with van der Waals surface area (Å²) in [6.07, 6.45) is 2.50. The molecule has 1 aromatic heterocycles. The molecule has 0 saturated carbocycles. The van der Waals surface area contributed by atoms with E-state index in [9.17, 15) is 0 Å². The average Bonchev–Trinajstić information content (AvgIpc) is 2.82. The molecular weight excluding hydrogens is 244 g/mol. The van der Waals surface area contributed by atoms with E-state index in [0.29, 0.717) is 5.11 Å². The zero-order valence-electron chi connectivity index (χ0n) is 10.3. The van der Waals surface area contributed by atoms with Crippen LogP contribution >= 0.6 is 12.2 Å². The van der Waals surface area contributed by atoms with Crippen LogP contribution in [0.1, 0.15) is 11.3 Å². The van der Waals surface area contributed by atoms with Crippen molar-refractivity contribution in [2.24, 2.45) is 0 Å². The van der Waals surface area contributed by atoms with Gasteiger partial charge in [-0.05, 0) is 49.0 Å². The normalized spacial score (nSPS) is 10.1. The van der Waals surface area contributed by atoms with Crippen LogP contribution in [0.25, 0.3) is 0 Å². The summed E-state index contributed by atoms with van der Waals surface area (Å²) < 4.78 is 5.25. The third-order valence-electron chi connectivity index (χ3n) is 2.51. The van der Waals surface area contributed by atoms with Crippen molar-refractivity contribution < 1.29 is 4.42 Å². The summed E-state index contributed by atoms with van der Waals surface area (Å²) in [5.74, 6) is 0.959. The highest BCUT2D eigenvalue weighted by atomic mass is 32.1. The second kappa shape index (κ2) is 6.21. The number of hydrogen-bond donors (Lipinski definition) is 2. The standard InChI is InChI=1S/C14H16N2OS/c1-11-4-2-5-12(10-11)16-14(18)15-8-7-13-6-3-9-17-13/h2-6,9-10H,7-8H2,1H3,(H2,15,16,18). The first-order valence-corrected chi connectivity index (χ1v) is 6.29. The smallest absolute Gasteiger partial charge is 0.170 e. The molecule has 0 aliphatic carbocycles. The number of benzene rings is 1. The van der Waals surface area contributed by atoms with E-state index in [-0.39, 0.29) is 0 Å². The first-order chi connectivity index (χ1) is 8.74. The second-order valence-corrected chi connectivity index (χ2v) is 4.49. The SMILES string of the molecule is Cc1cccc(NC(=S)NCCc2ccco2)c1. The van der Waals surface area contributed by atoms with Crippen LogP contribution in [-0.4, -0.2) is 11.7 Å². The van der Waals surface area contributed by atoms with Gasteiger partial charge in [-0.25, -0.2) is 0 Å². The van der Waals surface area contributed by atoms with Crippen molar-refractivity contribution in [1.29, 1.82) is 0 Å². The van der Waals surface area contributed by atoms with Gasteiger partial charge in [0.05, 0.1) is 6.26 Å². The maximum Gasteiger partial charge on any atom is 0.170 e. The van der Waals surface area contributed by atoms with Gasteiger partial charge in [0.1, 0.15) is 5.76 Å². The highest BCUT2D eigenvalue weighted by Gasteiger charge is 1.99. The number of hydrogen-bond acceptors (Lipinski definition) is 2. The third kappa shape index (κ3) is 3.89. The Morgan fingerprint density at radius 2 is 2.17 bits per heavy atom. The van der Waals surface area contributed by atoms with Crippen LogP contribution in [0.5, 0.6) is 0 Å². The molecule has 0 atom stereocenters. The van der Waals surface area contributed by atoms with E-state index in [1.807, 2.05) is 24.3 Å². The minimum Gasteiger partial charge on any atom is -0.469 e. The molecular formula is C14H16N2OS. The number of anilines is 1. The Balaban J connectivity index is 1.75. The predicted molar refractivity (Wildman–Crippen MR) is 77.8 cm³/mol. The number of thiocarbonyl (C=S) groups is 1. The maximum absolute atomic E-state index is 5.25. The Kier molecular flexibility index (Phi) is 4.36. The van der Waals surface area contributed by atoms with Gasteiger partial charge in [0, 0.05) is 18.7 Å². The van der Waals surface area contributed by atoms with E-state index in [2.05, 4.69) is 29.7 Å². The summed E-state index contributed by atoms with van der Waals surface area (Å²) in [4.78, 5) is 0. The van der Waals surface area contributed by atoms with Crippen LogP contribution in [0, 0.1) is 6.92 Å². The van der Waals surface area contributed by atoms with E-state index in [4.69, 9.17) is 16.6 Å².